The Morgan fingerprint density at radius 1 is 0.829 bits per heavy atom. The first-order valence-corrected chi connectivity index (χ1v) is 13.4. The number of rotatable bonds is 16. The largest absolute Gasteiger partial charge is 0.481 e. The number of hydrogen-bond acceptors (Lipinski definition) is 3. The van der Waals surface area contributed by atoms with Gasteiger partial charge >= 0.3 is 12.1 Å². The zero-order valence-electron chi connectivity index (χ0n) is 21.1. The summed E-state index contributed by atoms with van der Waals surface area (Å²) < 4.78 is 5.61. The molecule has 2 aromatic carbocycles. The van der Waals surface area contributed by atoms with Crippen LogP contribution in [0, 0.1) is 0 Å². The van der Waals surface area contributed by atoms with Crippen LogP contribution in [0.4, 0.5) is 4.79 Å². The first-order chi connectivity index (χ1) is 17.1. The zero-order valence-corrected chi connectivity index (χ0v) is 21.1. The molecule has 5 nitrogen and oxygen atoms in total. The van der Waals surface area contributed by atoms with E-state index in [4.69, 9.17) is 4.74 Å². The van der Waals surface area contributed by atoms with Gasteiger partial charge in [-0.3, -0.25) is 4.79 Å². The van der Waals surface area contributed by atoms with Gasteiger partial charge in [-0.05, 0) is 28.7 Å². The van der Waals surface area contributed by atoms with Gasteiger partial charge in [-0.15, -0.1) is 0 Å². The van der Waals surface area contributed by atoms with Crippen molar-refractivity contribution in [2.45, 2.75) is 95.9 Å². The molecule has 35 heavy (non-hydrogen) atoms. The quantitative estimate of drug-likeness (QED) is 0.242. The number of unbranched alkanes of at least 4 members (excludes halogenated alkanes) is 9. The summed E-state index contributed by atoms with van der Waals surface area (Å²) in [6.07, 6.45) is 12.3. The number of carbonyl (C=O) groups excluding carboxylic acids is 1. The molecular formula is C30H41NO4. The predicted molar refractivity (Wildman–Crippen MR) is 141 cm³/mol. The molecule has 0 heterocycles. The van der Waals surface area contributed by atoms with Gasteiger partial charge in [0, 0.05) is 12.0 Å². The minimum absolute atomic E-state index is 0.00644. The first kappa shape index (κ1) is 26.8. The van der Waals surface area contributed by atoms with Gasteiger partial charge in [0.2, 0.25) is 0 Å². The fraction of sp³-hybridized carbons (Fsp3) is 0.533. The lowest BCUT2D eigenvalue weighted by molar-refractivity contribution is -0.137. The lowest BCUT2D eigenvalue weighted by Crippen LogP contribution is -2.37. The molecule has 0 fully saturated rings. The fourth-order valence-electron chi connectivity index (χ4n) is 5.12. The summed E-state index contributed by atoms with van der Waals surface area (Å²) in [5, 5.41) is 12.1. The monoisotopic (exact) mass is 479 g/mol. The molecule has 0 spiro atoms. The summed E-state index contributed by atoms with van der Waals surface area (Å²) >= 11 is 0. The molecule has 5 heteroatoms. The molecule has 1 atom stereocenters. The number of hydrogen-bond donors (Lipinski definition) is 2. The van der Waals surface area contributed by atoms with Crippen molar-refractivity contribution in [1.82, 2.24) is 5.32 Å². The molecule has 190 valence electrons. The zero-order chi connectivity index (χ0) is 24.9. The molecule has 0 bridgehead atoms. The summed E-state index contributed by atoms with van der Waals surface area (Å²) in [6, 6.07) is 16.0. The lowest BCUT2D eigenvalue weighted by Gasteiger charge is -2.19. The molecule has 0 aliphatic heterocycles. The third-order valence-corrected chi connectivity index (χ3v) is 6.99. The van der Waals surface area contributed by atoms with Crippen LogP contribution < -0.4 is 5.32 Å². The molecule has 0 saturated heterocycles. The number of nitrogens with one attached hydrogen (secondary N) is 1. The van der Waals surface area contributed by atoms with Gasteiger partial charge in [-0.2, -0.15) is 0 Å². The van der Waals surface area contributed by atoms with Crippen LogP contribution in [0.15, 0.2) is 48.5 Å². The Kier molecular flexibility index (Phi) is 11.1. The number of aliphatic carboxylic acids is 1. The molecular weight excluding hydrogens is 438 g/mol. The molecule has 3 rings (SSSR count). The van der Waals surface area contributed by atoms with Gasteiger partial charge in [0.05, 0.1) is 6.42 Å². The van der Waals surface area contributed by atoms with Crippen molar-refractivity contribution in [3.63, 3.8) is 0 Å². The molecule has 0 radical (unpaired) electrons. The summed E-state index contributed by atoms with van der Waals surface area (Å²) in [7, 11) is 0. The summed E-state index contributed by atoms with van der Waals surface area (Å²) in [5.41, 5.74) is 4.69. The van der Waals surface area contributed by atoms with Gasteiger partial charge in [0.25, 0.3) is 0 Å². The molecule has 1 aliphatic carbocycles. The van der Waals surface area contributed by atoms with Crippen LogP contribution >= 0.6 is 0 Å². The van der Waals surface area contributed by atoms with Crippen LogP contribution in [-0.2, 0) is 9.53 Å². The second kappa shape index (κ2) is 14.6. The van der Waals surface area contributed by atoms with Gasteiger partial charge in [0.15, 0.2) is 0 Å². The van der Waals surface area contributed by atoms with E-state index in [1.807, 2.05) is 24.3 Å². The van der Waals surface area contributed by atoms with Crippen LogP contribution in [0.5, 0.6) is 0 Å². The maximum absolute atomic E-state index is 12.6. The Hall–Kier alpha value is -2.82. The highest BCUT2D eigenvalue weighted by molar-refractivity contribution is 5.79. The molecule has 0 unspecified atom stereocenters. The topological polar surface area (TPSA) is 75.6 Å². The molecule has 0 aromatic heterocycles. The van der Waals surface area contributed by atoms with E-state index in [1.165, 1.54) is 62.5 Å². The second-order valence-electron chi connectivity index (χ2n) is 9.74. The molecule has 0 saturated carbocycles. The van der Waals surface area contributed by atoms with Crippen LogP contribution in [0.2, 0.25) is 0 Å². The minimum Gasteiger partial charge on any atom is -0.481 e. The van der Waals surface area contributed by atoms with Crippen molar-refractivity contribution >= 4 is 12.1 Å². The van der Waals surface area contributed by atoms with E-state index >= 15 is 0 Å². The number of benzene rings is 2. The maximum atomic E-state index is 12.6. The SMILES string of the molecule is CCCCCCCCCCCC[C@H](CC(=O)O)NC(=O)OCC1c2ccccc2-c2ccccc21. The number of carbonyl (C=O) groups is 2. The van der Waals surface area contributed by atoms with Gasteiger partial charge in [-0.25, -0.2) is 4.79 Å². The van der Waals surface area contributed by atoms with Crippen molar-refractivity contribution in [2.75, 3.05) is 6.61 Å². The van der Waals surface area contributed by atoms with E-state index in [-0.39, 0.29) is 18.9 Å². The Balaban J connectivity index is 1.41. The van der Waals surface area contributed by atoms with E-state index in [9.17, 15) is 14.7 Å². The summed E-state index contributed by atoms with van der Waals surface area (Å²) in [4.78, 5) is 23.9. The Bertz CT molecular complexity index is 896. The average molecular weight is 480 g/mol. The smallest absolute Gasteiger partial charge is 0.407 e. The maximum Gasteiger partial charge on any atom is 0.407 e. The van der Waals surface area contributed by atoms with Gasteiger partial charge in [-0.1, -0.05) is 120 Å². The highest BCUT2D eigenvalue weighted by Crippen LogP contribution is 2.44. The van der Waals surface area contributed by atoms with Crippen molar-refractivity contribution in [2.24, 2.45) is 0 Å². The van der Waals surface area contributed by atoms with E-state index in [2.05, 4.69) is 36.5 Å². The van der Waals surface area contributed by atoms with Crippen molar-refractivity contribution < 1.29 is 19.4 Å². The van der Waals surface area contributed by atoms with Crippen LogP contribution in [0.3, 0.4) is 0 Å². The second-order valence-corrected chi connectivity index (χ2v) is 9.74. The average Bonchev–Trinajstić information content (AvgIpc) is 3.17. The van der Waals surface area contributed by atoms with E-state index in [0.29, 0.717) is 6.42 Å². The number of amides is 1. The Morgan fingerprint density at radius 3 is 1.89 bits per heavy atom. The normalized spacial score (nSPS) is 13.2. The Labute approximate surface area is 210 Å². The highest BCUT2D eigenvalue weighted by Gasteiger charge is 2.29. The third-order valence-electron chi connectivity index (χ3n) is 6.99. The highest BCUT2D eigenvalue weighted by atomic mass is 16.5. The standard InChI is InChI=1S/C30H41NO4/c1-2-3-4-5-6-7-8-9-10-11-16-23(21-29(32)33)31-30(34)35-22-28-26-19-14-12-17-24(26)25-18-13-15-20-27(25)28/h12-15,17-20,23,28H,2-11,16,21-22H2,1H3,(H,31,34)(H,32,33)/t23-/m1/s1. The molecule has 1 amide bonds. The fourth-order valence-corrected chi connectivity index (χ4v) is 5.12. The van der Waals surface area contributed by atoms with Crippen molar-refractivity contribution in [3.8, 4) is 11.1 Å². The molecule has 2 aromatic rings. The summed E-state index contributed by atoms with van der Waals surface area (Å²) in [5.74, 6) is -0.908. The minimum atomic E-state index is -0.902. The molecule has 2 N–H and O–H groups in total. The summed E-state index contributed by atoms with van der Waals surface area (Å²) in [6.45, 7) is 2.47. The lowest BCUT2D eigenvalue weighted by atomic mass is 9.98. The van der Waals surface area contributed by atoms with Crippen molar-refractivity contribution in [3.05, 3.63) is 59.7 Å². The Morgan fingerprint density at radius 2 is 1.34 bits per heavy atom. The van der Waals surface area contributed by atoms with Crippen LogP contribution in [0.1, 0.15) is 101 Å². The number of carboxylic acid groups (broad SMARTS) is 1. The van der Waals surface area contributed by atoms with Gasteiger partial charge in [0.1, 0.15) is 6.61 Å². The first-order valence-electron chi connectivity index (χ1n) is 13.4. The van der Waals surface area contributed by atoms with E-state index < -0.39 is 18.1 Å². The van der Waals surface area contributed by atoms with E-state index in [0.717, 1.165) is 24.0 Å². The van der Waals surface area contributed by atoms with Gasteiger partial charge < -0.3 is 15.2 Å². The third kappa shape index (κ3) is 8.41. The van der Waals surface area contributed by atoms with E-state index in [1.54, 1.807) is 0 Å². The number of carboxylic acids is 1. The predicted octanol–water partition coefficient (Wildman–Crippen LogP) is 7.68. The number of fused-ring (bicyclic) bond motifs is 3. The van der Waals surface area contributed by atoms with Crippen LogP contribution in [0.25, 0.3) is 11.1 Å². The molecule has 1 aliphatic rings. The number of ether oxygens (including phenoxy) is 1. The number of alkyl carbamates (subject to hydrolysis) is 1. The van der Waals surface area contributed by atoms with Crippen LogP contribution in [-0.4, -0.2) is 29.8 Å². The van der Waals surface area contributed by atoms with Crippen molar-refractivity contribution in [1.29, 1.82) is 0 Å².